The van der Waals surface area contributed by atoms with Crippen LogP contribution in [0, 0.1) is 0 Å². The number of piperidine rings is 1. The van der Waals surface area contributed by atoms with E-state index in [4.69, 9.17) is 5.73 Å². The first-order chi connectivity index (χ1) is 9.15. The molecule has 2 unspecified atom stereocenters. The Kier molecular flexibility index (Phi) is 3.19. The summed E-state index contributed by atoms with van der Waals surface area (Å²) in [6.07, 6.45) is 7.88. The number of imidazole rings is 1. The Labute approximate surface area is 114 Å². The molecule has 102 valence electrons. The molecule has 1 fully saturated rings. The largest absolute Gasteiger partial charge is 0.398 e. The van der Waals surface area contributed by atoms with Gasteiger partial charge in [0, 0.05) is 30.5 Å². The third-order valence-electron chi connectivity index (χ3n) is 4.33. The first-order valence-electron chi connectivity index (χ1n) is 7.12. The zero-order chi connectivity index (χ0) is 13.4. The van der Waals surface area contributed by atoms with Crippen LogP contribution in [0.15, 0.2) is 24.5 Å². The van der Waals surface area contributed by atoms with E-state index in [1.54, 1.807) is 0 Å². The normalized spacial score (nSPS) is 24.9. The number of fused-ring (bicyclic) bond motifs is 1. The molecule has 2 N–H and O–H groups in total. The van der Waals surface area contributed by atoms with Crippen molar-refractivity contribution in [3.05, 3.63) is 30.2 Å². The van der Waals surface area contributed by atoms with E-state index in [-0.39, 0.29) is 0 Å². The summed E-state index contributed by atoms with van der Waals surface area (Å²) < 4.78 is 2.11. The van der Waals surface area contributed by atoms with Crippen molar-refractivity contribution in [3.8, 4) is 0 Å². The fourth-order valence-electron chi connectivity index (χ4n) is 3.14. The van der Waals surface area contributed by atoms with Gasteiger partial charge >= 0.3 is 0 Å². The van der Waals surface area contributed by atoms with E-state index in [0.717, 1.165) is 17.9 Å². The number of nitrogens with two attached hydrogens (primary N) is 1. The minimum atomic E-state index is 0.648. The average molecular weight is 258 g/mol. The number of anilines is 1. The number of rotatable bonds is 2. The molecule has 4 heteroatoms. The fraction of sp³-hybridized carbons (Fsp3) is 0.533. The minimum absolute atomic E-state index is 0.648. The number of nitrogens with zero attached hydrogens (tertiary/aromatic N) is 3. The zero-order valence-corrected chi connectivity index (χ0v) is 11.7. The maximum atomic E-state index is 5.88. The molecule has 0 radical (unpaired) electrons. The summed E-state index contributed by atoms with van der Waals surface area (Å²) >= 11 is 0. The van der Waals surface area contributed by atoms with Gasteiger partial charge in [0.15, 0.2) is 0 Å². The van der Waals surface area contributed by atoms with Crippen molar-refractivity contribution in [1.29, 1.82) is 0 Å². The molecule has 0 aromatic carbocycles. The molecule has 1 aliphatic heterocycles. The van der Waals surface area contributed by atoms with E-state index in [1.807, 2.05) is 24.5 Å². The van der Waals surface area contributed by atoms with Gasteiger partial charge in [0.2, 0.25) is 0 Å². The van der Waals surface area contributed by atoms with Crippen LogP contribution < -0.4 is 5.73 Å². The Bertz CT molecular complexity index is 565. The van der Waals surface area contributed by atoms with Crippen LogP contribution in [0.4, 0.5) is 5.69 Å². The van der Waals surface area contributed by atoms with Crippen molar-refractivity contribution in [3.63, 3.8) is 0 Å². The standard InChI is InChI=1S/C15H22N4/c1-11-4-3-5-12(2)18(11)10-14-8-17-15-7-6-13(16)9-19(14)15/h6-9,11-12H,3-5,10,16H2,1-2H3. The lowest BCUT2D eigenvalue weighted by atomic mass is 9.97. The molecule has 0 aliphatic carbocycles. The van der Waals surface area contributed by atoms with Crippen LogP contribution in [0.2, 0.25) is 0 Å². The van der Waals surface area contributed by atoms with Gasteiger partial charge < -0.3 is 10.1 Å². The average Bonchev–Trinajstić information content (AvgIpc) is 2.76. The summed E-state index contributed by atoms with van der Waals surface area (Å²) in [5.74, 6) is 0. The highest BCUT2D eigenvalue weighted by molar-refractivity contribution is 5.48. The summed E-state index contributed by atoms with van der Waals surface area (Å²) in [5, 5.41) is 0. The number of pyridine rings is 1. The van der Waals surface area contributed by atoms with Gasteiger partial charge in [-0.3, -0.25) is 4.90 Å². The highest BCUT2D eigenvalue weighted by atomic mass is 15.2. The molecule has 3 rings (SSSR count). The zero-order valence-electron chi connectivity index (χ0n) is 11.7. The molecule has 4 nitrogen and oxygen atoms in total. The molecule has 0 bridgehead atoms. The van der Waals surface area contributed by atoms with E-state index in [2.05, 4.69) is 28.1 Å². The van der Waals surface area contributed by atoms with Gasteiger partial charge in [0.05, 0.1) is 11.9 Å². The van der Waals surface area contributed by atoms with Gasteiger partial charge in [0.1, 0.15) is 5.65 Å². The molecular weight excluding hydrogens is 236 g/mol. The van der Waals surface area contributed by atoms with Crippen LogP contribution in [-0.4, -0.2) is 26.4 Å². The van der Waals surface area contributed by atoms with Crippen molar-refractivity contribution in [2.75, 3.05) is 5.73 Å². The highest BCUT2D eigenvalue weighted by Gasteiger charge is 2.25. The molecule has 1 aliphatic rings. The highest BCUT2D eigenvalue weighted by Crippen LogP contribution is 2.25. The quantitative estimate of drug-likeness (QED) is 0.901. The molecule has 1 saturated heterocycles. The topological polar surface area (TPSA) is 46.6 Å². The molecule has 19 heavy (non-hydrogen) atoms. The summed E-state index contributed by atoms with van der Waals surface area (Å²) in [6, 6.07) is 5.17. The van der Waals surface area contributed by atoms with E-state index in [9.17, 15) is 0 Å². The number of hydrogen-bond acceptors (Lipinski definition) is 3. The van der Waals surface area contributed by atoms with Crippen molar-refractivity contribution >= 4 is 11.3 Å². The number of hydrogen-bond donors (Lipinski definition) is 1. The number of nitrogen functional groups attached to an aromatic ring is 1. The molecular formula is C15H22N4. The van der Waals surface area contributed by atoms with Gasteiger partial charge in [-0.2, -0.15) is 0 Å². The summed E-state index contributed by atoms with van der Waals surface area (Å²) in [4.78, 5) is 7.04. The van der Waals surface area contributed by atoms with Crippen molar-refractivity contribution in [1.82, 2.24) is 14.3 Å². The van der Waals surface area contributed by atoms with E-state index in [1.165, 1.54) is 25.0 Å². The summed E-state index contributed by atoms with van der Waals surface area (Å²) in [7, 11) is 0. The molecule has 3 heterocycles. The second-order valence-corrected chi connectivity index (χ2v) is 5.74. The molecule has 0 saturated carbocycles. The first-order valence-corrected chi connectivity index (χ1v) is 7.12. The summed E-state index contributed by atoms with van der Waals surface area (Å²) in [5.41, 5.74) is 8.86. The number of likely N-dealkylation sites (tertiary alicyclic amines) is 1. The second-order valence-electron chi connectivity index (χ2n) is 5.74. The molecule has 2 atom stereocenters. The van der Waals surface area contributed by atoms with Crippen LogP contribution in [0.5, 0.6) is 0 Å². The lowest BCUT2D eigenvalue weighted by molar-refractivity contribution is 0.0935. The predicted octanol–water partition coefficient (Wildman–Crippen LogP) is 2.68. The van der Waals surface area contributed by atoms with Crippen molar-refractivity contribution < 1.29 is 0 Å². The Morgan fingerprint density at radius 1 is 1.26 bits per heavy atom. The van der Waals surface area contributed by atoms with E-state index < -0.39 is 0 Å². The first kappa shape index (κ1) is 12.5. The maximum Gasteiger partial charge on any atom is 0.137 e. The van der Waals surface area contributed by atoms with Crippen molar-refractivity contribution in [2.45, 2.75) is 51.7 Å². The van der Waals surface area contributed by atoms with Crippen molar-refractivity contribution in [2.24, 2.45) is 0 Å². The van der Waals surface area contributed by atoms with Gasteiger partial charge in [-0.25, -0.2) is 4.98 Å². The van der Waals surface area contributed by atoms with Crippen LogP contribution in [0.3, 0.4) is 0 Å². The Morgan fingerprint density at radius 3 is 2.74 bits per heavy atom. The second kappa shape index (κ2) is 4.85. The fourth-order valence-corrected chi connectivity index (χ4v) is 3.14. The molecule has 2 aromatic heterocycles. The smallest absolute Gasteiger partial charge is 0.137 e. The number of aromatic nitrogens is 2. The minimum Gasteiger partial charge on any atom is -0.398 e. The van der Waals surface area contributed by atoms with E-state index in [0.29, 0.717) is 12.1 Å². The lowest BCUT2D eigenvalue weighted by Gasteiger charge is -2.38. The van der Waals surface area contributed by atoms with Crippen LogP contribution in [0.25, 0.3) is 5.65 Å². The molecule has 0 amide bonds. The maximum absolute atomic E-state index is 5.88. The monoisotopic (exact) mass is 258 g/mol. The van der Waals surface area contributed by atoms with Crippen LogP contribution >= 0.6 is 0 Å². The van der Waals surface area contributed by atoms with Crippen LogP contribution in [0.1, 0.15) is 38.8 Å². The lowest BCUT2D eigenvalue weighted by Crippen LogP contribution is -2.43. The SMILES string of the molecule is CC1CCCC(C)N1Cc1cnc2ccc(N)cn12. The third kappa shape index (κ3) is 2.32. The summed E-state index contributed by atoms with van der Waals surface area (Å²) in [6.45, 7) is 5.60. The Hall–Kier alpha value is -1.55. The Balaban J connectivity index is 1.90. The Morgan fingerprint density at radius 2 is 2.00 bits per heavy atom. The predicted molar refractivity (Wildman–Crippen MR) is 77.9 cm³/mol. The molecule has 2 aromatic rings. The third-order valence-corrected chi connectivity index (χ3v) is 4.33. The van der Waals surface area contributed by atoms with Gasteiger partial charge in [-0.1, -0.05) is 6.42 Å². The van der Waals surface area contributed by atoms with E-state index >= 15 is 0 Å². The van der Waals surface area contributed by atoms with Gasteiger partial charge in [0.25, 0.3) is 0 Å². The van der Waals surface area contributed by atoms with Gasteiger partial charge in [-0.05, 0) is 38.8 Å². The van der Waals surface area contributed by atoms with Gasteiger partial charge in [-0.15, -0.1) is 0 Å². The van der Waals surface area contributed by atoms with Crippen LogP contribution in [-0.2, 0) is 6.54 Å². The molecule has 0 spiro atoms.